The number of aromatic nitrogens is 2. The zero-order valence-electron chi connectivity index (χ0n) is 16.8. The Morgan fingerprint density at radius 3 is 2.72 bits per heavy atom. The van der Waals surface area contributed by atoms with Gasteiger partial charge in [0.1, 0.15) is 5.82 Å². The molecule has 2 aliphatic rings. The van der Waals surface area contributed by atoms with Crippen molar-refractivity contribution in [1.29, 1.82) is 0 Å². The van der Waals surface area contributed by atoms with E-state index in [9.17, 15) is 9.59 Å². The van der Waals surface area contributed by atoms with Gasteiger partial charge in [0.15, 0.2) is 5.78 Å². The Hall–Kier alpha value is -3.28. The fraction of sp³-hybridized carbons (Fsp3) is 0.304. The van der Waals surface area contributed by atoms with E-state index < -0.39 is 5.92 Å². The maximum atomic E-state index is 13.3. The maximum absolute atomic E-state index is 13.3. The Morgan fingerprint density at radius 1 is 1.17 bits per heavy atom. The molecule has 0 saturated heterocycles. The van der Waals surface area contributed by atoms with Crippen molar-refractivity contribution in [3.05, 3.63) is 76.5 Å². The van der Waals surface area contributed by atoms with Crippen molar-refractivity contribution in [3.63, 3.8) is 0 Å². The third-order valence-corrected chi connectivity index (χ3v) is 5.42. The first-order chi connectivity index (χ1) is 13.9. The molecule has 1 aliphatic heterocycles. The zero-order valence-corrected chi connectivity index (χ0v) is 16.8. The van der Waals surface area contributed by atoms with Crippen molar-refractivity contribution in [2.45, 2.75) is 39.5 Å². The predicted molar refractivity (Wildman–Crippen MR) is 111 cm³/mol. The molecule has 3 heterocycles. The van der Waals surface area contributed by atoms with E-state index in [-0.39, 0.29) is 17.6 Å². The summed E-state index contributed by atoms with van der Waals surface area (Å²) < 4.78 is 0. The molecule has 1 amide bonds. The Balaban J connectivity index is 1.78. The highest BCUT2D eigenvalue weighted by molar-refractivity contribution is 6.09. The van der Waals surface area contributed by atoms with Crippen molar-refractivity contribution >= 4 is 17.5 Å². The summed E-state index contributed by atoms with van der Waals surface area (Å²) in [5, 5.41) is 6.24. The number of pyridine rings is 2. The standard InChI is InChI=1S/C23H24N4O2/c1-13-10-17-22(18(28)11-13)21(16-7-5-9-24-12-16)20(15(3)26-17)23(29)27-19-8-4-6-14(2)25-19/h4-9,12-13,21,26H,10-11H2,1-3H3,(H,25,27,29)/t13-,21+/m0/s1. The van der Waals surface area contributed by atoms with Gasteiger partial charge >= 0.3 is 0 Å². The third kappa shape index (κ3) is 3.70. The van der Waals surface area contributed by atoms with E-state index in [1.54, 1.807) is 18.5 Å². The Labute approximate surface area is 170 Å². The van der Waals surface area contributed by atoms with E-state index in [0.29, 0.717) is 23.4 Å². The molecule has 0 fully saturated rings. The van der Waals surface area contributed by atoms with Crippen LogP contribution in [0, 0.1) is 12.8 Å². The van der Waals surface area contributed by atoms with Crippen LogP contribution < -0.4 is 10.6 Å². The van der Waals surface area contributed by atoms with Gasteiger partial charge in [0.05, 0.1) is 0 Å². The first kappa shape index (κ1) is 19.1. The highest BCUT2D eigenvalue weighted by Gasteiger charge is 2.39. The molecule has 2 N–H and O–H groups in total. The smallest absolute Gasteiger partial charge is 0.255 e. The number of dihydropyridines is 1. The molecule has 4 rings (SSSR count). The SMILES string of the molecule is CC1=C(C(=O)Nc2cccc(C)n2)[C@@H](c2cccnc2)C2=C(C[C@H](C)CC2=O)N1. The quantitative estimate of drug-likeness (QED) is 0.839. The van der Waals surface area contributed by atoms with Crippen LogP contribution in [0.3, 0.4) is 0 Å². The summed E-state index contributed by atoms with van der Waals surface area (Å²) in [5.74, 6) is 0.155. The van der Waals surface area contributed by atoms with E-state index in [1.807, 2.05) is 38.1 Å². The molecule has 29 heavy (non-hydrogen) atoms. The van der Waals surface area contributed by atoms with Crippen LogP contribution in [0.1, 0.15) is 43.9 Å². The molecule has 0 radical (unpaired) electrons. The number of nitrogens with zero attached hydrogens (tertiary/aromatic N) is 2. The maximum Gasteiger partial charge on any atom is 0.255 e. The lowest BCUT2D eigenvalue weighted by Gasteiger charge is -2.36. The minimum atomic E-state index is -0.440. The minimum Gasteiger partial charge on any atom is -0.362 e. The fourth-order valence-electron chi connectivity index (χ4n) is 4.21. The topological polar surface area (TPSA) is 84.0 Å². The van der Waals surface area contributed by atoms with Crippen LogP contribution in [0.5, 0.6) is 0 Å². The average Bonchev–Trinajstić information content (AvgIpc) is 2.67. The van der Waals surface area contributed by atoms with Crippen LogP contribution in [-0.4, -0.2) is 21.7 Å². The number of amides is 1. The second kappa shape index (κ2) is 7.62. The van der Waals surface area contributed by atoms with Crippen LogP contribution in [0.15, 0.2) is 65.3 Å². The number of ketones is 1. The monoisotopic (exact) mass is 388 g/mol. The second-order valence-electron chi connectivity index (χ2n) is 7.83. The first-order valence-corrected chi connectivity index (χ1v) is 9.83. The van der Waals surface area contributed by atoms with Gasteiger partial charge in [0.2, 0.25) is 0 Å². The first-order valence-electron chi connectivity index (χ1n) is 9.83. The molecule has 0 bridgehead atoms. The molecular formula is C23H24N4O2. The second-order valence-corrected chi connectivity index (χ2v) is 7.83. The van der Waals surface area contributed by atoms with Gasteiger partial charge in [-0.1, -0.05) is 19.1 Å². The number of hydrogen-bond donors (Lipinski definition) is 2. The van der Waals surface area contributed by atoms with E-state index >= 15 is 0 Å². The number of allylic oxidation sites excluding steroid dienone is 3. The van der Waals surface area contributed by atoms with Gasteiger partial charge in [-0.25, -0.2) is 4.98 Å². The summed E-state index contributed by atoms with van der Waals surface area (Å²) in [5.41, 5.74) is 4.55. The van der Waals surface area contributed by atoms with Gasteiger partial charge in [-0.2, -0.15) is 0 Å². The molecule has 6 heteroatoms. The zero-order chi connectivity index (χ0) is 20.5. The summed E-state index contributed by atoms with van der Waals surface area (Å²) in [4.78, 5) is 34.9. The number of anilines is 1. The normalized spacial score (nSPS) is 21.6. The molecule has 2 atom stereocenters. The molecule has 148 valence electrons. The molecule has 0 spiro atoms. The molecule has 2 aromatic rings. The number of carbonyl (C=O) groups excluding carboxylic acids is 2. The van der Waals surface area contributed by atoms with Gasteiger partial charge in [-0.15, -0.1) is 0 Å². The summed E-state index contributed by atoms with van der Waals surface area (Å²) in [7, 11) is 0. The predicted octanol–water partition coefficient (Wildman–Crippen LogP) is 3.64. The largest absolute Gasteiger partial charge is 0.362 e. The van der Waals surface area contributed by atoms with Crippen molar-refractivity contribution in [2.75, 3.05) is 5.32 Å². The van der Waals surface area contributed by atoms with Crippen LogP contribution >= 0.6 is 0 Å². The highest BCUT2D eigenvalue weighted by atomic mass is 16.2. The van der Waals surface area contributed by atoms with Crippen LogP contribution in [0.2, 0.25) is 0 Å². The highest BCUT2D eigenvalue weighted by Crippen LogP contribution is 2.43. The van der Waals surface area contributed by atoms with E-state index in [1.165, 1.54) is 0 Å². The Kier molecular flexibility index (Phi) is 5.01. The van der Waals surface area contributed by atoms with Crippen molar-refractivity contribution in [1.82, 2.24) is 15.3 Å². The lowest BCUT2D eigenvalue weighted by Crippen LogP contribution is -2.37. The molecule has 0 aromatic carbocycles. The lowest BCUT2D eigenvalue weighted by molar-refractivity contribution is -0.117. The lowest BCUT2D eigenvalue weighted by atomic mass is 9.73. The van der Waals surface area contributed by atoms with E-state index in [2.05, 4.69) is 27.5 Å². The minimum absolute atomic E-state index is 0.0894. The number of nitrogens with one attached hydrogen (secondary N) is 2. The van der Waals surface area contributed by atoms with Crippen molar-refractivity contribution < 1.29 is 9.59 Å². The van der Waals surface area contributed by atoms with Crippen LogP contribution in [0.4, 0.5) is 5.82 Å². The summed E-state index contributed by atoms with van der Waals surface area (Å²) in [6.45, 7) is 5.84. The molecule has 1 aliphatic carbocycles. The number of hydrogen-bond acceptors (Lipinski definition) is 5. The third-order valence-electron chi connectivity index (χ3n) is 5.42. The van der Waals surface area contributed by atoms with Gasteiger partial charge in [0, 0.05) is 53.0 Å². The number of carbonyl (C=O) groups is 2. The Morgan fingerprint density at radius 2 is 2.00 bits per heavy atom. The number of aryl methyl sites for hydroxylation is 1. The van der Waals surface area contributed by atoms with Gasteiger partial charge in [-0.3, -0.25) is 14.6 Å². The summed E-state index contributed by atoms with van der Waals surface area (Å²) >= 11 is 0. The van der Waals surface area contributed by atoms with E-state index in [4.69, 9.17) is 0 Å². The summed E-state index contributed by atoms with van der Waals surface area (Å²) in [6.07, 6.45) is 4.71. The molecule has 6 nitrogen and oxygen atoms in total. The van der Waals surface area contributed by atoms with Gasteiger partial charge < -0.3 is 10.6 Å². The van der Waals surface area contributed by atoms with Crippen LogP contribution in [-0.2, 0) is 9.59 Å². The molecule has 0 saturated carbocycles. The van der Waals surface area contributed by atoms with Crippen LogP contribution in [0.25, 0.3) is 0 Å². The fourth-order valence-corrected chi connectivity index (χ4v) is 4.21. The number of Topliss-reactive ketones (excluding diaryl/α,β-unsaturated/α-hetero) is 1. The van der Waals surface area contributed by atoms with E-state index in [0.717, 1.165) is 29.1 Å². The van der Waals surface area contributed by atoms with Gasteiger partial charge in [0.25, 0.3) is 5.91 Å². The average molecular weight is 388 g/mol. The van der Waals surface area contributed by atoms with Crippen molar-refractivity contribution in [2.24, 2.45) is 5.92 Å². The van der Waals surface area contributed by atoms with Gasteiger partial charge in [-0.05, 0) is 49.9 Å². The number of rotatable bonds is 3. The Bertz CT molecular complexity index is 1040. The van der Waals surface area contributed by atoms with Crippen molar-refractivity contribution in [3.8, 4) is 0 Å². The molecule has 0 unspecified atom stereocenters. The molecular weight excluding hydrogens is 364 g/mol. The molecule has 2 aromatic heterocycles. The summed E-state index contributed by atoms with van der Waals surface area (Å²) in [6, 6.07) is 9.24.